The van der Waals surface area contributed by atoms with E-state index in [1.54, 1.807) is 6.92 Å². The van der Waals surface area contributed by atoms with Crippen molar-refractivity contribution in [3.63, 3.8) is 0 Å². The summed E-state index contributed by atoms with van der Waals surface area (Å²) >= 11 is 0. The monoisotopic (exact) mass is 198 g/mol. The summed E-state index contributed by atoms with van der Waals surface area (Å²) in [4.78, 5) is 10.6. The Bertz CT molecular complexity index is 221. The zero-order valence-electron chi connectivity index (χ0n) is 8.91. The molecule has 0 saturated heterocycles. The number of hydrogen-bond donors (Lipinski definition) is 0. The highest BCUT2D eigenvalue weighted by molar-refractivity contribution is 5.65. The Hall–Kier alpha value is -0.830. The molecular formula is C11H18O3. The van der Waals surface area contributed by atoms with Crippen molar-refractivity contribution >= 4 is 5.97 Å². The molecule has 0 saturated carbocycles. The number of allylic oxidation sites excluding steroid dienone is 1. The van der Waals surface area contributed by atoms with Gasteiger partial charge in [0, 0.05) is 6.92 Å². The topological polar surface area (TPSA) is 35.5 Å². The van der Waals surface area contributed by atoms with E-state index in [9.17, 15) is 4.79 Å². The van der Waals surface area contributed by atoms with Crippen molar-refractivity contribution in [1.82, 2.24) is 0 Å². The van der Waals surface area contributed by atoms with E-state index in [2.05, 4.69) is 6.08 Å². The van der Waals surface area contributed by atoms with Crippen molar-refractivity contribution in [2.24, 2.45) is 0 Å². The molecule has 0 bridgehead atoms. The fourth-order valence-corrected chi connectivity index (χ4v) is 1.59. The quantitative estimate of drug-likeness (QED) is 0.386. The molecule has 0 fully saturated rings. The summed E-state index contributed by atoms with van der Waals surface area (Å²) in [5, 5.41) is 0. The molecule has 0 heterocycles. The zero-order chi connectivity index (χ0) is 10.4. The molecule has 0 N–H and O–H groups in total. The van der Waals surface area contributed by atoms with Crippen molar-refractivity contribution in [2.45, 2.75) is 45.8 Å². The Labute approximate surface area is 85.1 Å². The summed E-state index contributed by atoms with van der Waals surface area (Å²) in [6.07, 6.45) is 6.50. The van der Waals surface area contributed by atoms with Crippen LogP contribution >= 0.6 is 0 Å². The fraction of sp³-hybridized carbons (Fsp3) is 0.727. The van der Waals surface area contributed by atoms with Crippen LogP contribution in [0.3, 0.4) is 0 Å². The van der Waals surface area contributed by atoms with Crippen molar-refractivity contribution in [1.29, 1.82) is 0 Å². The Morgan fingerprint density at radius 3 is 3.00 bits per heavy atom. The third-order valence-corrected chi connectivity index (χ3v) is 2.24. The molecule has 0 amide bonds. The van der Waals surface area contributed by atoms with Crippen LogP contribution in [0.4, 0.5) is 0 Å². The van der Waals surface area contributed by atoms with Gasteiger partial charge in [0.05, 0.1) is 6.61 Å². The van der Waals surface area contributed by atoms with Crippen LogP contribution < -0.4 is 0 Å². The van der Waals surface area contributed by atoms with E-state index in [0.717, 1.165) is 6.42 Å². The van der Waals surface area contributed by atoms with Gasteiger partial charge in [-0.15, -0.1) is 0 Å². The molecule has 1 aliphatic carbocycles. The Balaban J connectivity index is 2.05. The maximum atomic E-state index is 10.6. The number of esters is 1. The standard InChI is InChI=1S/C11H18O3/c1-9(12)14-10(2)13-8-7-11-5-3-4-6-11/h5,10H,3-4,6-8H2,1-2H3. The maximum absolute atomic E-state index is 10.6. The lowest BCUT2D eigenvalue weighted by atomic mass is 10.2. The molecule has 0 spiro atoms. The second-order valence-corrected chi connectivity index (χ2v) is 3.55. The lowest BCUT2D eigenvalue weighted by Crippen LogP contribution is -2.16. The average molecular weight is 198 g/mol. The summed E-state index contributed by atoms with van der Waals surface area (Å²) in [7, 11) is 0. The molecule has 0 radical (unpaired) electrons. The van der Waals surface area contributed by atoms with Crippen LogP contribution in [0, 0.1) is 0 Å². The summed E-state index contributed by atoms with van der Waals surface area (Å²) < 4.78 is 10.2. The molecule has 14 heavy (non-hydrogen) atoms. The van der Waals surface area contributed by atoms with E-state index < -0.39 is 6.29 Å². The smallest absolute Gasteiger partial charge is 0.304 e. The minimum absolute atomic E-state index is 0.294. The second kappa shape index (κ2) is 5.81. The van der Waals surface area contributed by atoms with Crippen LogP contribution in [0.15, 0.2) is 11.6 Å². The van der Waals surface area contributed by atoms with Gasteiger partial charge in [0.15, 0.2) is 6.29 Å². The van der Waals surface area contributed by atoms with Gasteiger partial charge in [-0.05, 0) is 32.6 Å². The Kier molecular flexibility index (Phi) is 4.66. The largest absolute Gasteiger partial charge is 0.436 e. The molecule has 1 rings (SSSR count). The first-order chi connectivity index (χ1) is 6.68. The molecule has 80 valence electrons. The number of ether oxygens (including phenoxy) is 2. The first-order valence-electron chi connectivity index (χ1n) is 5.15. The number of carbonyl (C=O) groups excluding carboxylic acids is 1. The van der Waals surface area contributed by atoms with Gasteiger partial charge >= 0.3 is 5.97 Å². The summed E-state index contributed by atoms with van der Waals surface area (Å²) in [5.41, 5.74) is 1.47. The van der Waals surface area contributed by atoms with Crippen LogP contribution in [0.5, 0.6) is 0 Å². The van der Waals surface area contributed by atoms with E-state index >= 15 is 0 Å². The summed E-state index contributed by atoms with van der Waals surface area (Å²) in [6.45, 7) is 3.77. The first-order valence-corrected chi connectivity index (χ1v) is 5.15. The molecule has 1 unspecified atom stereocenters. The Morgan fingerprint density at radius 1 is 1.64 bits per heavy atom. The lowest BCUT2D eigenvalue weighted by Gasteiger charge is -2.12. The first kappa shape index (κ1) is 11.2. The van der Waals surface area contributed by atoms with E-state index in [0.29, 0.717) is 6.61 Å². The van der Waals surface area contributed by atoms with Gasteiger partial charge in [-0.25, -0.2) is 0 Å². The average Bonchev–Trinajstić information content (AvgIpc) is 2.55. The predicted octanol–water partition coefficient (Wildman–Crippen LogP) is 2.41. The molecule has 0 aromatic rings. The van der Waals surface area contributed by atoms with Gasteiger partial charge in [0.25, 0.3) is 0 Å². The normalized spacial score (nSPS) is 17.7. The van der Waals surface area contributed by atoms with Crippen molar-refractivity contribution in [2.75, 3.05) is 6.61 Å². The molecule has 0 aromatic carbocycles. The summed E-state index contributed by atoms with van der Waals surface area (Å²) in [6, 6.07) is 0. The third kappa shape index (κ3) is 4.42. The van der Waals surface area contributed by atoms with Crippen LogP contribution in [-0.4, -0.2) is 18.9 Å². The van der Waals surface area contributed by atoms with E-state index in [1.165, 1.54) is 31.8 Å². The SMILES string of the molecule is CC(=O)OC(C)OCCC1=CCCC1. The highest BCUT2D eigenvalue weighted by Gasteiger charge is 2.07. The Morgan fingerprint density at radius 2 is 2.43 bits per heavy atom. The van der Waals surface area contributed by atoms with Crippen LogP contribution in [0.25, 0.3) is 0 Å². The molecule has 1 atom stereocenters. The minimum atomic E-state index is -0.422. The number of hydrogen-bond acceptors (Lipinski definition) is 3. The van der Waals surface area contributed by atoms with Gasteiger partial charge in [-0.1, -0.05) is 11.6 Å². The van der Waals surface area contributed by atoms with Crippen molar-refractivity contribution < 1.29 is 14.3 Å². The summed E-state index contributed by atoms with van der Waals surface area (Å²) in [5.74, 6) is -0.294. The number of carbonyl (C=O) groups is 1. The van der Waals surface area contributed by atoms with E-state index in [1.807, 2.05) is 0 Å². The second-order valence-electron chi connectivity index (χ2n) is 3.55. The van der Waals surface area contributed by atoms with Gasteiger partial charge in [0.1, 0.15) is 0 Å². The van der Waals surface area contributed by atoms with Gasteiger partial charge in [-0.2, -0.15) is 0 Å². The van der Waals surface area contributed by atoms with Gasteiger partial charge in [0.2, 0.25) is 0 Å². The predicted molar refractivity (Wildman–Crippen MR) is 53.7 cm³/mol. The van der Waals surface area contributed by atoms with Crippen molar-refractivity contribution in [3.05, 3.63) is 11.6 Å². The van der Waals surface area contributed by atoms with Crippen LogP contribution in [0.2, 0.25) is 0 Å². The molecule has 3 heteroatoms. The zero-order valence-corrected chi connectivity index (χ0v) is 8.91. The van der Waals surface area contributed by atoms with E-state index in [4.69, 9.17) is 9.47 Å². The third-order valence-electron chi connectivity index (χ3n) is 2.24. The molecule has 1 aliphatic rings. The van der Waals surface area contributed by atoms with Crippen LogP contribution in [-0.2, 0) is 14.3 Å². The minimum Gasteiger partial charge on any atom is -0.436 e. The molecule has 0 aliphatic heterocycles. The van der Waals surface area contributed by atoms with Crippen LogP contribution in [0.1, 0.15) is 39.5 Å². The van der Waals surface area contributed by atoms with Gasteiger partial charge < -0.3 is 9.47 Å². The number of rotatable bonds is 5. The molecule has 3 nitrogen and oxygen atoms in total. The molecule has 0 aromatic heterocycles. The maximum Gasteiger partial charge on any atom is 0.304 e. The van der Waals surface area contributed by atoms with Crippen molar-refractivity contribution in [3.8, 4) is 0 Å². The highest BCUT2D eigenvalue weighted by atomic mass is 16.7. The lowest BCUT2D eigenvalue weighted by molar-refractivity contribution is -0.171. The van der Waals surface area contributed by atoms with Gasteiger partial charge in [-0.3, -0.25) is 4.79 Å². The highest BCUT2D eigenvalue weighted by Crippen LogP contribution is 2.20. The fourth-order valence-electron chi connectivity index (χ4n) is 1.59. The molecular weight excluding hydrogens is 180 g/mol. The van der Waals surface area contributed by atoms with E-state index in [-0.39, 0.29) is 5.97 Å².